The minimum absolute atomic E-state index is 0.158. The predicted octanol–water partition coefficient (Wildman–Crippen LogP) is 5.15. The van der Waals surface area contributed by atoms with E-state index < -0.39 is 0 Å². The van der Waals surface area contributed by atoms with Crippen LogP contribution in [0.1, 0.15) is 37.3 Å². The molecule has 2 aromatic rings. The Balaban J connectivity index is 1.56. The zero-order valence-electron chi connectivity index (χ0n) is 15.9. The summed E-state index contributed by atoms with van der Waals surface area (Å²) in [6, 6.07) is 15.8. The second-order valence-corrected chi connectivity index (χ2v) is 8.19. The number of carbonyl (C=O) groups is 1. The van der Waals surface area contributed by atoms with Crippen molar-refractivity contribution in [3.8, 4) is 11.5 Å². The van der Waals surface area contributed by atoms with Crippen LogP contribution < -0.4 is 14.8 Å². The van der Waals surface area contributed by atoms with Gasteiger partial charge in [-0.3, -0.25) is 4.79 Å². The van der Waals surface area contributed by atoms with Gasteiger partial charge >= 0.3 is 0 Å². The first-order valence-electron chi connectivity index (χ1n) is 9.26. The van der Waals surface area contributed by atoms with Crippen LogP contribution in [0.3, 0.4) is 0 Å². The number of thioether (sulfide) groups is 1. The highest BCUT2D eigenvalue weighted by Crippen LogP contribution is 2.29. The third-order valence-electron chi connectivity index (χ3n) is 4.47. The van der Waals surface area contributed by atoms with Gasteiger partial charge in [0.05, 0.1) is 4.91 Å². The molecule has 28 heavy (non-hydrogen) atoms. The van der Waals surface area contributed by atoms with E-state index in [1.54, 1.807) is 0 Å². The van der Waals surface area contributed by atoms with Crippen LogP contribution in [0.15, 0.2) is 53.4 Å². The lowest BCUT2D eigenvalue weighted by Crippen LogP contribution is -2.17. The Labute approximate surface area is 175 Å². The van der Waals surface area contributed by atoms with Crippen molar-refractivity contribution in [2.45, 2.75) is 26.2 Å². The second-order valence-electron chi connectivity index (χ2n) is 6.47. The molecule has 1 N–H and O–H groups in total. The van der Waals surface area contributed by atoms with Gasteiger partial charge in [-0.2, -0.15) is 0 Å². The fourth-order valence-corrected chi connectivity index (χ4v) is 3.86. The number of hydrogen-bond acceptors (Lipinski definition) is 5. The van der Waals surface area contributed by atoms with Crippen LogP contribution >= 0.6 is 24.0 Å². The Hall–Kier alpha value is -2.31. The van der Waals surface area contributed by atoms with Crippen LogP contribution in [-0.2, 0) is 4.79 Å². The predicted molar refractivity (Wildman–Crippen MR) is 119 cm³/mol. The van der Waals surface area contributed by atoms with E-state index in [0.717, 1.165) is 23.5 Å². The summed E-state index contributed by atoms with van der Waals surface area (Å²) in [6.07, 6.45) is 2.88. The number of amides is 1. The van der Waals surface area contributed by atoms with E-state index in [1.807, 2.05) is 48.5 Å². The van der Waals surface area contributed by atoms with Crippen molar-refractivity contribution >= 4 is 40.3 Å². The first kappa shape index (κ1) is 20.4. The van der Waals surface area contributed by atoms with E-state index in [9.17, 15) is 4.79 Å². The number of nitrogens with one attached hydrogen (secondary N) is 1. The molecular weight excluding hydrogens is 390 g/mol. The Bertz CT molecular complexity index is 895. The third-order valence-corrected chi connectivity index (χ3v) is 5.63. The van der Waals surface area contributed by atoms with Gasteiger partial charge in [0.1, 0.15) is 29.0 Å². The first-order chi connectivity index (χ1) is 13.6. The molecule has 0 bridgehead atoms. The summed E-state index contributed by atoms with van der Waals surface area (Å²) < 4.78 is 12.2. The van der Waals surface area contributed by atoms with E-state index in [4.69, 9.17) is 21.7 Å². The fraction of sp³-hybridized carbons (Fsp3) is 0.273. The van der Waals surface area contributed by atoms with Crippen LogP contribution in [0.4, 0.5) is 0 Å². The van der Waals surface area contributed by atoms with Crippen LogP contribution in [0, 0.1) is 0 Å². The molecule has 2 aromatic carbocycles. The lowest BCUT2D eigenvalue weighted by atomic mass is 9.98. The maximum absolute atomic E-state index is 11.8. The summed E-state index contributed by atoms with van der Waals surface area (Å²) in [7, 11) is 0. The number of rotatable bonds is 8. The van der Waals surface area contributed by atoms with Crippen molar-refractivity contribution in [3.05, 3.63) is 64.6 Å². The molecule has 1 amide bonds. The lowest BCUT2D eigenvalue weighted by Gasteiger charge is -2.16. The highest BCUT2D eigenvalue weighted by atomic mass is 32.2. The molecule has 0 saturated carbocycles. The Morgan fingerprint density at radius 2 is 1.93 bits per heavy atom. The van der Waals surface area contributed by atoms with Gasteiger partial charge in [-0.15, -0.1) is 0 Å². The minimum atomic E-state index is -0.158. The standard InChI is InChI=1S/C22H23NO3S2/c1-3-15(2)18-9-4-5-10-19(18)26-12-11-25-17-8-6-7-16(13-17)14-20-21(24)23-22(27)28-20/h4-10,13-15H,3,11-12H2,1-2H3,(H,23,24,27)/b20-14-/t15-/m0/s1. The summed E-state index contributed by atoms with van der Waals surface area (Å²) >= 11 is 6.28. The SMILES string of the molecule is CC[C@H](C)c1ccccc1OCCOc1cccc(/C=C2\SC(=S)NC2=O)c1. The molecule has 3 rings (SSSR count). The summed E-state index contributed by atoms with van der Waals surface area (Å²) in [6.45, 7) is 5.28. The first-order valence-corrected chi connectivity index (χ1v) is 10.5. The van der Waals surface area contributed by atoms with E-state index in [2.05, 4.69) is 25.2 Å². The smallest absolute Gasteiger partial charge is 0.263 e. The maximum atomic E-state index is 11.8. The monoisotopic (exact) mass is 413 g/mol. The topological polar surface area (TPSA) is 47.6 Å². The molecule has 1 fully saturated rings. The van der Waals surface area contributed by atoms with Crippen LogP contribution in [0.5, 0.6) is 11.5 Å². The molecule has 4 nitrogen and oxygen atoms in total. The van der Waals surface area contributed by atoms with Crippen molar-refractivity contribution in [2.75, 3.05) is 13.2 Å². The zero-order valence-corrected chi connectivity index (χ0v) is 17.6. The molecule has 146 valence electrons. The molecule has 0 unspecified atom stereocenters. The third kappa shape index (κ3) is 5.36. The molecule has 0 aliphatic carbocycles. The number of thiocarbonyl (C=S) groups is 1. The molecule has 0 aromatic heterocycles. The number of carbonyl (C=O) groups excluding carboxylic acids is 1. The van der Waals surface area contributed by atoms with Crippen LogP contribution in [-0.4, -0.2) is 23.4 Å². The van der Waals surface area contributed by atoms with Crippen molar-refractivity contribution in [3.63, 3.8) is 0 Å². The van der Waals surface area contributed by atoms with E-state index in [0.29, 0.717) is 28.4 Å². The number of ether oxygens (including phenoxy) is 2. The normalized spacial score (nSPS) is 16.1. The molecule has 1 aliphatic heterocycles. The average molecular weight is 414 g/mol. The second kappa shape index (κ2) is 9.75. The average Bonchev–Trinajstić information content (AvgIpc) is 3.02. The van der Waals surface area contributed by atoms with Gasteiger partial charge in [0, 0.05) is 0 Å². The Morgan fingerprint density at radius 1 is 1.14 bits per heavy atom. The van der Waals surface area contributed by atoms with Crippen LogP contribution in [0.2, 0.25) is 0 Å². The number of benzene rings is 2. The zero-order chi connectivity index (χ0) is 19.9. The summed E-state index contributed by atoms with van der Waals surface area (Å²) in [5.41, 5.74) is 2.12. The van der Waals surface area contributed by atoms with Crippen LogP contribution in [0.25, 0.3) is 6.08 Å². The van der Waals surface area contributed by atoms with Gasteiger partial charge in [0.2, 0.25) is 0 Å². The van der Waals surface area contributed by atoms with E-state index in [-0.39, 0.29) is 5.91 Å². The van der Waals surface area contributed by atoms with Gasteiger partial charge in [-0.25, -0.2) is 0 Å². The molecule has 0 spiro atoms. The van der Waals surface area contributed by atoms with Crippen molar-refractivity contribution < 1.29 is 14.3 Å². The summed E-state index contributed by atoms with van der Waals surface area (Å²) in [5.74, 6) is 1.95. The van der Waals surface area contributed by atoms with Gasteiger partial charge in [0.15, 0.2) is 0 Å². The van der Waals surface area contributed by atoms with Crippen molar-refractivity contribution in [1.29, 1.82) is 0 Å². The highest BCUT2D eigenvalue weighted by Gasteiger charge is 2.21. The molecule has 6 heteroatoms. The van der Waals surface area contributed by atoms with E-state index >= 15 is 0 Å². The van der Waals surface area contributed by atoms with Gasteiger partial charge in [0.25, 0.3) is 5.91 Å². The van der Waals surface area contributed by atoms with Crippen molar-refractivity contribution in [1.82, 2.24) is 5.32 Å². The number of hydrogen-bond donors (Lipinski definition) is 1. The largest absolute Gasteiger partial charge is 0.490 e. The molecule has 1 saturated heterocycles. The molecule has 1 aliphatic rings. The fourth-order valence-electron chi connectivity index (χ4n) is 2.82. The van der Waals surface area contributed by atoms with E-state index in [1.165, 1.54) is 17.3 Å². The van der Waals surface area contributed by atoms with Gasteiger partial charge in [-0.05, 0) is 47.7 Å². The Morgan fingerprint density at radius 3 is 2.68 bits per heavy atom. The molecule has 1 atom stereocenters. The van der Waals surface area contributed by atoms with Gasteiger partial charge < -0.3 is 14.8 Å². The number of para-hydroxylation sites is 1. The molecular formula is C22H23NO3S2. The lowest BCUT2D eigenvalue weighted by molar-refractivity contribution is -0.115. The quantitative estimate of drug-likeness (QED) is 0.369. The Kier molecular flexibility index (Phi) is 7.12. The summed E-state index contributed by atoms with van der Waals surface area (Å²) in [5, 5.41) is 2.62. The minimum Gasteiger partial charge on any atom is -0.490 e. The molecule has 0 radical (unpaired) electrons. The maximum Gasteiger partial charge on any atom is 0.263 e. The summed E-state index contributed by atoms with van der Waals surface area (Å²) in [4.78, 5) is 12.4. The van der Waals surface area contributed by atoms with Gasteiger partial charge in [-0.1, -0.05) is 68.2 Å². The molecule has 1 heterocycles. The van der Waals surface area contributed by atoms with Crippen molar-refractivity contribution in [2.24, 2.45) is 0 Å². The highest BCUT2D eigenvalue weighted by molar-refractivity contribution is 8.26.